The molecular formula is C16H19N3O2. The molecule has 0 unspecified atom stereocenters. The maximum Gasteiger partial charge on any atom is 0.251 e. The number of carbonyl (C=O) groups is 1. The molecule has 5 N–H and O–H groups in total. The first kappa shape index (κ1) is 14.9. The number of aromatic hydroxyl groups is 1. The van der Waals surface area contributed by atoms with Crippen LogP contribution in [-0.2, 0) is 6.42 Å². The second-order valence-corrected chi connectivity index (χ2v) is 4.85. The van der Waals surface area contributed by atoms with Gasteiger partial charge in [0.1, 0.15) is 5.75 Å². The first-order valence-electron chi connectivity index (χ1n) is 6.73. The van der Waals surface area contributed by atoms with Crippen molar-refractivity contribution in [3.8, 4) is 5.75 Å². The Morgan fingerprint density at radius 3 is 2.52 bits per heavy atom. The lowest BCUT2D eigenvalue weighted by molar-refractivity contribution is 0.0954. The molecule has 1 amide bonds. The van der Waals surface area contributed by atoms with Crippen LogP contribution in [0.2, 0.25) is 0 Å². The lowest BCUT2D eigenvalue weighted by Gasteiger charge is -2.09. The van der Waals surface area contributed by atoms with Gasteiger partial charge in [-0.3, -0.25) is 10.6 Å². The predicted octanol–water partition coefficient (Wildman–Crippen LogP) is 1.96. The van der Waals surface area contributed by atoms with Gasteiger partial charge in [0.05, 0.1) is 5.69 Å². The van der Waals surface area contributed by atoms with Crippen molar-refractivity contribution in [3.63, 3.8) is 0 Å². The molecule has 110 valence electrons. The Kier molecular flexibility index (Phi) is 4.79. The highest BCUT2D eigenvalue weighted by atomic mass is 16.3. The summed E-state index contributed by atoms with van der Waals surface area (Å²) in [4.78, 5) is 12.0. The molecule has 0 aliphatic heterocycles. The second kappa shape index (κ2) is 6.76. The number of benzene rings is 2. The van der Waals surface area contributed by atoms with E-state index in [1.807, 2.05) is 19.1 Å². The monoisotopic (exact) mass is 285 g/mol. The minimum absolute atomic E-state index is 0.111. The molecule has 0 saturated heterocycles. The standard InChI is InChI=1S/C16H19N3O2/c1-11-10-13(4-7-15(11)19-17)16(21)18-9-8-12-2-5-14(20)6-3-12/h2-7,10,19-20H,8-9,17H2,1H3,(H,18,21). The van der Waals surface area contributed by atoms with Crippen LogP contribution >= 0.6 is 0 Å². The number of anilines is 1. The number of amides is 1. The number of hydrogen-bond acceptors (Lipinski definition) is 4. The lowest BCUT2D eigenvalue weighted by atomic mass is 10.1. The van der Waals surface area contributed by atoms with Gasteiger partial charge in [-0.25, -0.2) is 0 Å². The molecule has 2 rings (SSSR count). The lowest BCUT2D eigenvalue weighted by Crippen LogP contribution is -2.25. The fourth-order valence-corrected chi connectivity index (χ4v) is 2.05. The Morgan fingerprint density at radius 1 is 1.19 bits per heavy atom. The summed E-state index contributed by atoms with van der Waals surface area (Å²) in [6.07, 6.45) is 0.716. The number of carbonyl (C=O) groups excluding carboxylic acids is 1. The Bertz CT molecular complexity index is 624. The fraction of sp³-hybridized carbons (Fsp3) is 0.188. The van der Waals surface area contributed by atoms with E-state index in [2.05, 4.69) is 10.7 Å². The highest BCUT2D eigenvalue weighted by Gasteiger charge is 2.07. The van der Waals surface area contributed by atoms with Crippen LogP contribution in [0.4, 0.5) is 5.69 Å². The maximum atomic E-state index is 12.0. The average molecular weight is 285 g/mol. The van der Waals surface area contributed by atoms with E-state index in [0.29, 0.717) is 18.5 Å². The summed E-state index contributed by atoms with van der Waals surface area (Å²) in [5.41, 5.74) is 5.97. The van der Waals surface area contributed by atoms with Crippen molar-refractivity contribution in [3.05, 3.63) is 59.2 Å². The van der Waals surface area contributed by atoms with Crippen LogP contribution in [0.3, 0.4) is 0 Å². The summed E-state index contributed by atoms with van der Waals surface area (Å²) in [6.45, 7) is 2.43. The molecule has 0 saturated carbocycles. The minimum atomic E-state index is -0.111. The van der Waals surface area contributed by atoms with Gasteiger partial charge >= 0.3 is 0 Å². The largest absolute Gasteiger partial charge is 0.508 e. The Hall–Kier alpha value is -2.53. The molecule has 0 heterocycles. The zero-order valence-corrected chi connectivity index (χ0v) is 11.9. The number of nitrogens with two attached hydrogens (primary N) is 1. The SMILES string of the molecule is Cc1cc(C(=O)NCCc2ccc(O)cc2)ccc1NN. The van der Waals surface area contributed by atoms with E-state index in [1.165, 1.54) is 0 Å². The molecule has 0 bridgehead atoms. The molecule has 21 heavy (non-hydrogen) atoms. The van der Waals surface area contributed by atoms with E-state index < -0.39 is 0 Å². The van der Waals surface area contributed by atoms with Gasteiger partial charge in [0, 0.05) is 12.1 Å². The van der Waals surface area contributed by atoms with Gasteiger partial charge in [0.25, 0.3) is 5.91 Å². The third kappa shape index (κ3) is 3.97. The van der Waals surface area contributed by atoms with Crippen molar-refractivity contribution in [1.29, 1.82) is 0 Å². The van der Waals surface area contributed by atoms with E-state index in [9.17, 15) is 9.90 Å². The Labute approximate surface area is 123 Å². The highest BCUT2D eigenvalue weighted by Crippen LogP contribution is 2.15. The number of hydrogen-bond donors (Lipinski definition) is 4. The van der Waals surface area contributed by atoms with Crippen LogP contribution in [0.15, 0.2) is 42.5 Å². The van der Waals surface area contributed by atoms with Gasteiger partial charge in [0.2, 0.25) is 0 Å². The van der Waals surface area contributed by atoms with Crippen molar-refractivity contribution in [2.24, 2.45) is 5.84 Å². The van der Waals surface area contributed by atoms with Gasteiger partial charge in [0.15, 0.2) is 0 Å². The zero-order valence-electron chi connectivity index (χ0n) is 11.9. The molecule has 2 aromatic rings. The number of aryl methyl sites for hydroxylation is 1. The number of phenols is 1. The molecule has 0 aliphatic rings. The van der Waals surface area contributed by atoms with Gasteiger partial charge in [-0.2, -0.15) is 0 Å². The van der Waals surface area contributed by atoms with Crippen molar-refractivity contribution in [2.45, 2.75) is 13.3 Å². The molecule has 2 aromatic carbocycles. The van der Waals surface area contributed by atoms with Crippen molar-refractivity contribution in [1.82, 2.24) is 5.32 Å². The Morgan fingerprint density at radius 2 is 1.90 bits per heavy atom. The van der Waals surface area contributed by atoms with Crippen LogP contribution in [0.5, 0.6) is 5.75 Å². The number of rotatable bonds is 5. The second-order valence-electron chi connectivity index (χ2n) is 4.85. The highest BCUT2D eigenvalue weighted by molar-refractivity contribution is 5.94. The summed E-state index contributed by atoms with van der Waals surface area (Å²) in [5, 5.41) is 12.1. The van der Waals surface area contributed by atoms with Crippen LogP contribution in [0, 0.1) is 6.92 Å². The number of hydrazine groups is 1. The molecule has 0 aromatic heterocycles. The smallest absolute Gasteiger partial charge is 0.251 e. The maximum absolute atomic E-state index is 12.0. The quantitative estimate of drug-likeness (QED) is 0.499. The summed E-state index contributed by atoms with van der Waals surface area (Å²) in [5.74, 6) is 5.50. The van der Waals surface area contributed by atoms with Crippen LogP contribution < -0.4 is 16.6 Å². The molecule has 0 aliphatic carbocycles. The Balaban J connectivity index is 1.89. The number of nitrogen functional groups attached to an aromatic ring is 1. The number of phenolic OH excluding ortho intramolecular Hbond substituents is 1. The van der Waals surface area contributed by atoms with Gasteiger partial charge in [-0.05, 0) is 54.8 Å². The van der Waals surface area contributed by atoms with E-state index in [-0.39, 0.29) is 11.7 Å². The van der Waals surface area contributed by atoms with E-state index >= 15 is 0 Å². The first-order valence-corrected chi connectivity index (χ1v) is 6.73. The van der Waals surface area contributed by atoms with Gasteiger partial charge in [-0.1, -0.05) is 12.1 Å². The molecule has 0 radical (unpaired) electrons. The third-order valence-corrected chi connectivity index (χ3v) is 3.28. The van der Waals surface area contributed by atoms with Gasteiger partial charge in [-0.15, -0.1) is 0 Å². The van der Waals surface area contributed by atoms with E-state index in [0.717, 1.165) is 16.8 Å². The van der Waals surface area contributed by atoms with Crippen LogP contribution in [-0.4, -0.2) is 17.6 Å². The normalized spacial score (nSPS) is 10.2. The van der Waals surface area contributed by atoms with E-state index in [1.54, 1.807) is 30.3 Å². The van der Waals surface area contributed by atoms with Crippen LogP contribution in [0.1, 0.15) is 21.5 Å². The first-order chi connectivity index (χ1) is 10.1. The van der Waals surface area contributed by atoms with Crippen molar-refractivity contribution in [2.75, 3.05) is 12.0 Å². The summed E-state index contributed by atoms with van der Waals surface area (Å²) in [6, 6.07) is 12.3. The fourth-order valence-electron chi connectivity index (χ4n) is 2.05. The van der Waals surface area contributed by atoms with Crippen molar-refractivity contribution < 1.29 is 9.90 Å². The minimum Gasteiger partial charge on any atom is -0.508 e. The molecule has 5 nitrogen and oxygen atoms in total. The van der Waals surface area contributed by atoms with Crippen molar-refractivity contribution >= 4 is 11.6 Å². The molecule has 0 fully saturated rings. The molecule has 5 heteroatoms. The summed E-state index contributed by atoms with van der Waals surface area (Å²) in [7, 11) is 0. The summed E-state index contributed by atoms with van der Waals surface area (Å²) >= 11 is 0. The molecule has 0 atom stereocenters. The molecular weight excluding hydrogens is 266 g/mol. The topological polar surface area (TPSA) is 87.4 Å². The average Bonchev–Trinajstić information content (AvgIpc) is 2.49. The predicted molar refractivity (Wildman–Crippen MR) is 83.1 cm³/mol. The zero-order chi connectivity index (χ0) is 15.2. The molecule has 0 spiro atoms. The van der Waals surface area contributed by atoms with E-state index in [4.69, 9.17) is 5.84 Å². The van der Waals surface area contributed by atoms with Gasteiger partial charge < -0.3 is 15.8 Å². The third-order valence-electron chi connectivity index (χ3n) is 3.28. The summed E-state index contributed by atoms with van der Waals surface area (Å²) < 4.78 is 0. The number of nitrogens with one attached hydrogen (secondary N) is 2. The van der Waals surface area contributed by atoms with Crippen LogP contribution in [0.25, 0.3) is 0 Å².